The number of rotatable bonds is 3. The number of nitro groups is 1. The smallest absolute Gasteiger partial charge is 0.289 e. The maximum Gasteiger partial charge on any atom is 0.289 e. The number of halogens is 2. The fraction of sp³-hybridized carbons (Fsp3) is 0.360. The molecule has 8 nitrogen and oxygen atoms in total. The quantitative estimate of drug-likeness (QED) is 0.398. The van der Waals surface area contributed by atoms with Crippen molar-refractivity contribution in [3.63, 3.8) is 0 Å². The molecule has 3 aromatic rings. The van der Waals surface area contributed by atoms with Crippen LogP contribution in [0.1, 0.15) is 45.7 Å². The van der Waals surface area contributed by atoms with Gasteiger partial charge < -0.3 is 14.2 Å². The third kappa shape index (κ3) is 4.02. The van der Waals surface area contributed by atoms with E-state index in [4.69, 9.17) is 4.42 Å². The molecule has 182 valence electrons. The van der Waals surface area contributed by atoms with Gasteiger partial charge in [0.2, 0.25) is 0 Å². The third-order valence-electron chi connectivity index (χ3n) is 7.26. The maximum atomic E-state index is 14.4. The van der Waals surface area contributed by atoms with Crippen LogP contribution in [-0.4, -0.2) is 52.7 Å². The Kier molecular flexibility index (Phi) is 5.53. The molecule has 35 heavy (non-hydrogen) atoms. The standard InChI is InChI=1S/C25H23F2N3O5/c1-15-2-4-18(26)21(22(15)27)24(32)28-9-6-25(7-10-28)8-11-29(14-25)23(31)20-13-16-12-17(30(33)34)3-5-19(16)35-20/h2-5,12-13H,6-11,14H2,1H3. The van der Waals surface area contributed by atoms with Crippen LogP contribution in [0.15, 0.2) is 40.8 Å². The molecule has 2 saturated heterocycles. The highest BCUT2D eigenvalue weighted by atomic mass is 19.1. The van der Waals surface area contributed by atoms with Gasteiger partial charge in [-0.05, 0) is 55.4 Å². The van der Waals surface area contributed by atoms with Crippen LogP contribution >= 0.6 is 0 Å². The molecule has 1 spiro atoms. The van der Waals surface area contributed by atoms with E-state index in [0.717, 1.165) is 12.5 Å². The van der Waals surface area contributed by atoms with Crippen molar-refractivity contribution in [2.24, 2.45) is 5.41 Å². The van der Waals surface area contributed by atoms with Gasteiger partial charge in [-0.1, -0.05) is 6.07 Å². The van der Waals surface area contributed by atoms with E-state index < -0.39 is 28.0 Å². The Morgan fingerprint density at radius 1 is 1.00 bits per heavy atom. The number of likely N-dealkylation sites (tertiary alicyclic amines) is 2. The van der Waals surface area contributed by atoms with Gasteiger partial charge in [0.05, 0.1) is 4.92 Å². The summed E-state index contributed by atoms with van der Waals surface area (Å²) < 4.78 is 34.3. The highest BCUT2D eigenvalue weighted by Crippen LogP contribution is 2.41. The molecule has 0 bridgehead atoms. The zero-order valence-corrected chi connectivity index (χ0v) is 19.1. The molecule has 0 saturated carbocycles. The summed E-state index contributed by atoms with van der Waals surface area (Å²) in [6.07, 6.45) is 1.98. The average molecular weight is 483 g/mol. The van der Waals surface area contributed by atoms with Crippen LogP contribution in [0.3, 0.4) is 0 Å². The van der Waals surface area contributed by atoms with Crippen LogP contribution < -0.4 is 0 Å². The number of aryl methyl sites for hydroxylation is 1. The maximum absolute atomic E-state index is 14.4. The lowest BCUT2D eigenvalue weighted by Gasteiger charge is -2.39. The molecule has 0 aliphatic carbocycles. The van der Waals surface area contributed by atoms with Gasteiger partial charge in [-0.3, -0.25) is 19.7 Å². The Morgan fingerprint density at radius 3 is 2.37 bits per heavy atom. The summed E-state index contributed by atoms with van der Waals surface area (Å²) in [6, 6.07) is 8.10. The fourth-order valence-corrected chi connectivity index (χ4v) is 5.12. The number of nitrogens with zero attached hydrogens (tertiary/aromatic N) is 3. The summed E-state index contributed by atoms with van der Waals surface area (Å²) in [6.45, 7) is 3.19. The van der Waals surface area contributed by atoms with E-state index in [0.29, 0.717) is 50.0 Å². The largest absolute Gasteiger partial charge is 0.451 e. The highest BCUT2D eigenvalue weighted by Gasteiger charge is 2.44. The molecule has 2 aliphatic heterocycles. The van der Waals surface area contributed by atoms with Crippen LogP contribution in [0.5, 0.6) is 0 Å². The second-order valence-electron chi connectivity index (χ2n) is 9.41. The van der Waals surface area contributed by atoms with Gasteiger partial charge in [0.1, 0.15) is 22.8 Å². The van der Waals surface area contributed by atoms with E-state index in [1.807, 2.05) is 0 Å². The molecule has 3 heterocycles. The van der Waals surface area contributed by atoms with E-state index in [1.165, 1.54) is 42.2 Å². The molecule has 0 unspecified atom stereocenters. The summed E-state index contributed by atoms with van der Waals surface area (Å²) >= 11 is 0. The molecule has 0 atom stereocenters. The van der Waals surface area contributed by atoms with Crippen molar-refractivity contribution in [2.45, 2.75) is 26.2 Å². The molecule has 1 aromatic heterocycles. The lowest BCUT2D eigenvalue weighted by molar-refractivity contribution is -0.384. The minimum atomic E-state index is -0.868. The topological polar surface area (TPSA) is 96.9 Å². The zero-order valence-electron chi connectivity index (χ0n) is 19.1. The molecule has 2 aromatic carbocycles. The van der Waals surface area contributed by atoms with Crippen molar-refractivity contribution in [2.75, 3.05) is 26.2 Å². The van der Waals surface area contributed by atoms with Crippen molar-refractivity contribution in [3.05, 3.63) is 75.0 Å². The first-order valence-electron chi connectivity index (χ1n) is 11.4. The van der Waals surface area contributed by atoms with Crippen molar-refractivity contribution < 1.29 is 27.7 Å². The van der Waals surface area contributed by atoms with Crippen molar-refractivity contribution in [3.8, 4) is 0 Å². The van der Waals surface area contributed by atoms with Crippen molar-refractivity contribution in [1.29, 1.82) is 0 Å². The molecular weight excluding hydrogens is 460 g/mol. The van der Waals surface area contributed by atoms with Crippen molar-refractivity contribution in [1.82, 2.24) is 9.80 Å². The number of amides is 2. The number of piperidine rings is 1. The molecular formula is C25H23F2N3O5. The normalized spacial score (nSPS) is 17.3. The number of carbonyl (C=O) groups is 2. The number of non-ortho nitro benzene ring substituents is 1. The summed E-state index contributed by atoms with van der Waals surface area (Å²) in [5, 5.41) is 11.5. The van der Waals surface area contributed by atoms with Crippen LogP contribution in [0.2, 0.25) is 0 Å². The summed E-state index contributed by atoms with van der Waals surface area (Å²) in [5.74, 6) is -2.52. The minimum absolute atomic E-state index is 0.0795. The molecule has 5 rings (SSSR count). The Labute approximate surface area is 199 Å². The predicted molar refractivity (Wildman–Crippen MR) is 122 cm³/mol. The van der Waals surface area contributed by atoms with Gasteiger partial charge in [-0.25, -0.2) is 8.78 Å². The van der Waals surface area contributed by atoms with Gasteiger partial charge in [0.15, 0.2) is 5.76 Å². The second kappa shape index (κ2) is 8.44. The van der Waals surface area contributed by atoms with E-state index in [-0.39, 0.29) is 28.3 Å². The molecule has 0 N–H and O–H groups in total. The Bertz CT molecular complexity index is 1360. The number of hydrogen-bond donors (Lipinski definition) is 0. The van der Waals surface area contributed by atoms with E-state index in [9.17, 15) is 28.5 Å². The van der Waals surface area contributed by atoms with Gasteiger partial charge in [0, 0.05) is 43.7 Å². The second-order valence-corrected chi connectivity index (χ2v) is 9.41. The Balaban J connectivity index is 1.26. The van der Waals surface area contributed by atoms with Crippen molar-refractivity contribution >= 4 is 28.5 Å². The van der Waals surface area contributed by atoms with Crippen LogP contribution in [0.25, 0.3) is 11.0 Å². The third-order valence-corrected chi connectivity index (χ3v) is 7.26. The van der Waals surface area contributed by atoms with Gasteiger partial charge in [-0.2, -0.15) is 0 Å². The minimum Gasteiger partial charge on any atom is -0.451 e. The fourth-order valence-electron chi connectivity index (χ4n) is 5.12. The number of furan rings is 1. The zero-order chi connectivity index (χ0) is 24.9. The van der Waals surface area contributed by atoms with Gasteiger partial charge >= 0.3 is 0 Å². The first-order chi connectivity index (χ1) is 16.7. The summed E-state index contributed by atoms with van der Waals surface area (Å²) in [5.41, 5.74) is -0.164. The molecule has 2 fully saturated rings. The van der Waals surface area contributed by atoms with E-state index >= 15 is 0 Å². The molecule has 10 heteroatoms. The van der Waals surface area contributed by atoms with Gasteiger partial charge in [0.25, 0.3) is 17.5 Å². The number of nitro benzene ring substituents is 1. The molecule has 0 radical (unpaired) electrons. The number of benzene rings is 2. The number of fused-ring (bicyclic) bond motifs is 1. The Morgan fingerprint density at radius 2 is 1.69 bits per heavy atom. The summed E-state index contributed by atoms with van der Waals surface area (Å²) in [4.78, 5) is 39.6. The lowest BCUT2D eigenvalue weighted by atomic mass is 9.77. The molecule has 2 amide bonds. The summed E-state index contributed by atoms with van der Waals surface area (Å²) in [7, 11) is 0. The monoisotopic (exact) mass is 483 g/mol. The van der Waals surface area contributed by atoms with Crippen LogP contribution in [0, 0.1) is 34.1 Å². The predicted octanol–water partition coefficient (Wildman–Crippen LogP) is 4.70. The number of hydrogen-bond acceptors (Lipinski definition) is 5. The first kappa shape index (κ1) is 22.9. The Hall–Kier alpha value is -3.82. The molecule has 2 aliphatic rings. The van der Waals surface area contributed by atoms with Gasteiger partial charge in [-0.15, -0.1) is 0 Å². The highest BCUT2D eigenvalue weighted by molar-refractivity contribution is 5.97. The van der Waals surface area contributed by atoms with Crippen LogP contribution in [-0.2, 0) is 0 Å². The van der Waals surface area contributed by atoms with Crippen LogP contribution in [0.4, 0.5) is 14.5 Å². The van der Waals surface area contributed by atoms with E-state index in [1.54, 1.807) is 4.90 Å². The average Bonchev–Trinajstić information content (AvgIpc) is 3.46. The lowest BCUT2D eigenvalue weighted by Crippen LogP contribution is -2.45. The SMILES string of the molecule is Cc1ccc(F)c(C(=O)N2CCC3(CCN(C(=O)c4cc5cc([N+](=O)[O-])ccc5o4)C3)CC2)c1F. The van der Waals surface area contributed by atoms with E-state index in [2.05, 4.69) is 0 Å². The number of carbonyl (C=O) groups excluding carboxylic acids is 2. The first-order valence-corrected chi connectivity index (χ1v) is 11.4.